The van der Waals surface area contributed by atoms with Crippen LogP contribution in [0.1, 0.15) is 32.3 Å². The van der Waals surface area contributed by atoms with Gasteiger partial charge in [0.1, 0.15) is 0 Å². The predicted octanol–water partition coefficient (Wildman–Crippen LogP) is 3.01. The van der Waals surface area contributed by atoms with Gasteiger partial charge in [-0.1, -0.05) is 48.0 Å². The molecule has 0 aliphatic rings. The lowest BCUT2D eigenvalue weighted by Crippen LogP contribution is -2.44. The first-order chi connectivity index (χ1) is 8.45. The molecule has 0 heterocycles. The first-order valence-electron chi connectivity index (χ1n) is 6.03. The minimum absolute atomic E-state index is 0.102. The lowest BCUT2D eigenvalue weighted by atomic mass is 9.73. The highest BCUT2D eigenvalue weighted by Crippen LogP contribution is 2.36. The van der Waals surface area contributed by atoms with Gasteiger partial charge in [-0.15, -0.1) is 0 Å². The fraction of sp³-hybridized carbons (Fsp3) is 0.500. The van der Waals surface area contributed by atoms with E-state index >= 15 is 0 Å². The Morgan fingerprint density at radius 3 is 2.61 bits per heavy atom. The van der Waals surface area contributed by atoms with Crippen LogP contribution in [-0.4, -0.2) is 19.1 Å². The summed E-state index contributed by atoms with van der Waals surface area (Å²) < 4.78 is 5.76. The van der Waals surface area contributed by atoms with Gasteiger partial charge >= 0.3 is 5.97 Å². The normalized spacial score (nSPS) is 15.8. The van der Waals surface area contributed by atoms with Gasteiger partial charge in [-0.05, 0) is 18.1 Å². The Bertz CT molecular complexity index is 422. The highest BCUT2D eigenvalue weighted by molar-refractivity contribution is 9.10. The quantitative estimate of drug-likeness (QED) is 0.850. The number of ether oxygens (including phenoxy) is 1. The molecule has 0 saturated heterocycles. The largest absolute Gasteiger partial charge is 0.469 e. The van der Waals surface area contributed by atoms with Crippen LogP contribution in [0.15, 0.2) is 28.7 Å². The van der Waals surface area contributed by atoms with Gasteiger partial charge in [-0.3, -0.25) is 4.79 Å². The molecule has 0 spiro atoms. The van der Waals surface area contributed by atoms with Crippen LogP contribution in [0.2, 0.25) is 0 Å². The van der Waals surface area contributed by atoms with Crippen LogP contribution in [0.4, 0.5) is 0 Å². The molecule has 0 amide bonds. The molecule has 2 N–H and O–H groups in total. The van der Waals surface area contributed by atoms with E-state index in [-0.39, 0.29) is 18.4 Å². The number of rotatable bonds is 5. The van der Waals surface area contributed by atoms with Gasteiger partial charge in [-0.25, -0.2) is 0 Å². The van der Waals surface area contributed by atoms with Crippen LogP contribution >= 0.6 is 15.9 Å². The van der Waals surface area contributed by atoms with Crippen LogP contribution in [0.5, 0.6) is 0 Å². The smallest absolute Gasteiger partial charge is 0.306 e. The Morgan fingerprint density at radius 1 is 1.50 bits per heavy atom. The molecule has 0 aliphatic heterocycles. The van der Waals surface area contributed by atoms with E-state index in [0.717, 1.165) is 16.5 Å². The van der Waals surface area contributed by atoms with Gasteiger partial charge in [0.05, 0.1) is 13.5 Å². The van der Waals surface area contributed by atoms with E-state index < -0.39 is 5.41 Å². The summed E-state index contributed by atoms with van der Waals surface area (Å²) in [6.45, 7) is 4.04. The molecule has 4 heteroatoms. The van der Waals surface area contributed by atoms with Crippen molar-refractivity contribution in [2.45, 2.75) is 38.1 Å². The summed E-state index contributed by atoms with van der Waals surface area (Å²) in [4.78, 5) is 11.6. The topological polar surface area (TPSA) is 52.3 Å². The molecular weight excluding hydrogens is 294 g/mol. The minimum Gasteiger partial charge on any atom is -0.469 e. The summed E-state index contributed by atoms with van der Waals surface area (Å²) >= 11 is 3.53. The van der Waals surface area contributed by atoms with Crippen LogP contribution in [0.3, 0.4) is 0 Å². The third-order valence-electron chi connectivity index (χ3n) is 3.49. The summed E-state index contributed by atoms with van der Waals surface area (Å²) in [6, 6.07) is 7.77. The zero-order chi connectivity index (χ0) is 13.8. The van der Waals surface area contributed by atoms with Gasteiger partial charge in [-0.2, -0.15) is 0 Å². The zero-order valence-corrected chi connectivity index (χ0v) is 12.7. The number of esters is 1. The molecule has 18 heavy (non-hydrogen) atoms. The van der Waals surface area contributed by atoms with Crippen LogP contribution < -0.4 is 5.73 Å². The average Bonchev–Trinajstić information content (AvgIpc) is 2.37. The summed E-state index contributed by atoms with van der Waals surface area (Å²) in [5, 5.41) is 0. The molecular formula is C14H20BrNO2. The SMILES string of the molecule is CCC(N)C(C)(CC(=O)OC)c1ccccc1Br. The molecule has 0 aliphatic carbocycles. The highest BCUT2D eigenvalue weighted by atomic mass is 79.9. The first-order valence-corrected chi connectivity index (χ1v) is 6.82. The molecule has 0 fully saturated rings. The fourth-order valence-electron chi connectivity index (χ4n) is 2.17. The number of carbonyl (C=O) groups is 1. The van der Waals surface area contributed by atoms with E-state index in [1.165, 1.54) is 7.11 Å². The molecule has 1 aromatic carbocycles. The van der Waals surface area contributed by atoms with Crippen LogP contribution in [-0.2, 0) is 14.9 Å². The van der Waals surface area contributed by atoms with Crippen molar-refractivity contribution in [2.24, 2.45) is 5.73 Å². The van der Waals surface area contributed by atoms with Crippen molar-refractivity contribution in [2.75, 3.05) is 7.11 Å². The van der Waals surface area contributed by atoms with Crippen molar-refractivity contribution in [1.82, 2.24) is 0 Å². The lowest BCUT2D eigenvalue weighted by molar-refractivity contribution is -0.142. The summed E-state index contributed by atoms with van der Waals surface area (Å²) in [6.07, 6.45) is 1.08. The average molecular weight is 314 g/mol. The second kappa shape index (κ2) is 6.34. The van der Waals surface area contributed by atoms with Gasteiger partial charge < -0.3 is 10.5 Å². The third kappa shape index (κ3) is 3.12. The zero-order valence-electron chi connectivity index (χ0n) is 11.1. The number of carbonyl (C=O) groups excluding carboxylic acids is 1. The second-order valence-electron chi connectivity index (χ2n) is 4.66. The molecule has 0 saturated carbocycles. The molecule has 1 rings (SSSR count). The first kappa shape index (κ1) is 15.2. The third-order valence-corrected chi connectivity index (χ3v) is 4.18. The number of methoxy groups -OCH3 is 1. The van der Waals surface area contributed by atoms with Crippen molar-refractivity contribution in [3.63, 3.8) is 0 Å². The number of hydrogen-bond donors (Lipinski definition) is 1. The molecule has 3 nitrogen and oxygen atoms in total. The summed E-state index contributed by atoms with van der Waals surface area (Å²) in [7, 11) is 1.40. The van der Waals surface area contributed by atoms with Crippen LogP contribution in [0.25, 0.3) is 0 Å². The highest BCUT2D eigenvalue weighted by Gasteiger charge is 2.36. The molecule has 100 valence electrons. The van der Waals surface area contributed by atoms with E-state index in [2.05, 4.69) is 15.9 Å². The number of nitrogens with two attached hydrogens (primary N) is 1. The predicted molar refractivity (Wildman–Crippen MR) is 76.4 cm³/mol. The number of hydrogen-bond acceptors (Lipinski definition) is 3. The summed E-state index contributed by atoms with van der Waals surface area (Å²) in [5.41, 5.74) is 6.84. The van der Waals surface area contributed by atoms with E-state index in [9.17, 15) is 4.79 Å². The lowest BCUT2D eigenvalue weighted by Gasteiger charge is -2.35. The maximum Gasteiger partial charge on any atom is 0.306 e. The molecule has 0 radical (unpaired) electrons. The minimum atomic E-state index is -0.429. The van der Waals surface area contributed by atoms with Crippen molar-refractivity contribution in [3.8, 4) is 0 Å². The van der Waals surface area contributed by atoms with Gasteiger partial charge in [0, 0.05) is 15.9 Å². The van der Waals surface area contributed by atoms with Crippen molar-refractivity contribution < 1.29 is 9.53 Å². The Hall–Kier alpha value is -0.870. The van der Waals surface area contributed by atoms with Crippen LogP contribution in [0, 0.1) is 0 Å². The Balaban J connectivity index is 3.20. The van der Waals surface area contributed by atoms with E-state index in [1.54, 1.807) is 0 Å². The Morgan fingerprint density at radius 2 is 2.11 bits per heavy atom. The molecule has 0 aromatic heterocycles. The summed E-state index contributed by atoms with van der Waals surface area (Å²) in [5.74, 6) is -0.239. The van der Waals surface area contributed by atoms with Gasteiger partial charge in [0.2, 0.25) is 0 Å². The van der Waals surface area contributed by atoms with Crippen molar-refractivity contribution in [3.05, 3.63) is 34.3 Å². The second-order valence-corrected chi connectivity index (χ2v) is 5.52. The molecule has 2 unspecified atom stereocenters. The fourth-order valence-corrected chi connectivity index (χ4v) is 2.91. The van der Waals surface area contributed by atoms with Crippen molar-refractivity contribution in [1.29, 1.82) is 0 Å². The maximum absolute atomic E-state index is 11.6. The molecule has 0 bridgehead atoms. The monoisotopic (exact) mass is 313 g/mol. The van der Waals surface area contributed by atoms with E-state index in [4.69, 9.17) is 10.5 Å². The molecule has 2 atom stereocenters. The molecule has 1 aromatic rings. The van der Waals surface area contributed by atoms with E-state index in [0.29, 0.717) is 0 Å². The van der Waals surface area contributed by atoms with Gasteiger partial charge in [0.15, 0.2) is 0 Å². The number of benzene rings is 1. The van der Waals surface area contributed by atoms with Gasteiger partial charge in [0.25, 0.3) is 0 Å². The van der Waals surface area contributed by atoms with Crippen molar-refractivity contribution >= 4 is 21.9 Å². The Kier molecular flexibility index (Phi) is 5.35. The Labute approximate surface area is 117 Å². The maximum atomic E-state index is 11.6. The van der Waals surface area contributed by atoms with E-state index in [1.807, 2.05) is 38.1 Å². The number of halogens is 1. The standard InChI is InChI=1S/C14H20BrNO2/c1-4-12(16)14(2,9-13(17)18-3)10-7-5-6-8-11(10)15/h5-8,12H,4,9,16H2,1-3H3.